The van der Waals surface area contributed by atoms with E-state index in [0.29, 0.717) is 9.80 Å². The van der Waals surface area contributed by atoms with E-state index in [1.54, 1.807) is 0 Å². The number of rotatable bonds is 5. The molecule has 49 heavy (non-hydrogen) atoms. The van der Waals surface area contributed by atoms with E-state index in [-0.39, 0.29) is 28.4 Å². The van der Waals surface area contributed by atoms with Crippen molar-refractivity contribution in [3.8, 4) is 0 Å². The van der Waals surface area contributed by atoms with Crippen LogP contribution < -0.4 is 24.5 Å². The average Bonchev–Trinajstić information content (AvgIpc) is 3.30. The molecule has 0 radical (unpaired) electrons. The summed E-state index contributed by atoms with van der Waals surface area (Å²) in [7, 11) is 0. The maximum atomic E-state index is 15.2. The number of hydrogen-bond donors (Lipinski definition) is 0. The number of amides is 7. The van der Waals surface area contributed by atoms with Gasteiger partial charge in [0.1, 0.15) is 29.1 Å². The zero-order valence-electron chi connectivity index (χ0n) is 24.8. The third-order valence-corrected chi connectivity index (χ3v) is 8.00. The molecule has 7 rings (SSSR count). The Bertz CT molecular complexity index is 2050. The molecular weight excluding hydrogens is 649 g/mol. The van der Waals surface area contributed by atoms with Gasteiger partial charge < -0.3 is 0 Å². The maximum absolute atomic E-state index is 15.2. The molecule has 14 heteroatoms. The summed E-state index contributed by atoms with van der Waals surface area (Å²) < 4.78 is 70.9. The molecular formula is C35H20F5N5O4. The van der Waals surface area contributed by atoms with Crippen LogP contribution in [0.2, 0.25) is 0 Å². The highest BCUT2D eigenvalue weighted by molar-refractivity contribution is 6.40. The van der Waals surface area contributed by atoms with Gasteiger partial charge in [-0.15, -0.1) is 0 Å². The molecule has 2 aliphatic heterocycles. The van der Waals surface area contributed by atoms with Crippen molar-refractivity contribution in [2.24, 2.45) is 0 Å². The first-order valence-electron chi connectivity index (χ1n) is 14.5. The minimum absolute atomic E-state index is 0.161. The molecule has 2 fully saturated rings. The number of imide groups is 2. The molecule has 5 aromatic carbocycles. The fourth-order valence-electron chi connectivity index (χ4n) is 5.88. The van der Waals surface area contributed by atoms with Crippen molar-refractivity contribution in [3.05, 3.63) is 150 Å². The molecule has 0 atom stereocenters. The van der Waals surface area contributed by atoms with Crippen LogP contribution >= 0.6 is 0 Å². The molecule has 1 spiro atoms. The first-order chi connectivity index (χ1) is 23.5. The summed E-state index contributed by atoms with van der Waals surface area (Å²) in [6.07, 6.45) is 0. The molecule has 0 bridgehead atoms. The predicted molar refractivity (Wildman–Crippen MR) is 168 cm³/mol. The summed E-state index contributed by atoms with van der Waals surface area (Å²) in [5.74, 6) is -7.71. The SMILES string of the molecule is O=C1N(c2ccc(F)cc2)C(=O)N(c2ccc(F)cc2)C2(C(=O)N(c3ccc(F)cc3)C(=O)N2c2ccc(F)cc2)N1c1ccc(F)cc1. The summed E-state index contributed by atoms with van der Waals surface area (Å²) in [6.45, 7) is 0. The van der Waals surface area contributed by atoms with Crippen LogP contribution in [0.5, 0.6) is 0 Å². The quantitative estimate of drug-likeness (QED) is 0.141. The molecule has 2 saturated heterocycles. The van der Waals surface area contributed by atoms with Crippen LogP contribution in [-0.2, 0) is 4.79 Å². The summed E-state index contributed by atoms with van der Waals surface area (Å²) in [4.78, 5) is 62.9. The Morgan fingerprint density at radius 2 is 0.551 bits per heavy atom. The Balaban J connectivity index is 1.60. The normalized spacial score (nSPS) is 16.0. The highest BCUT2D eigenvalue weighted by atomic mass is 19.1. The van der Waals surface area contributed by atoms with Crippen molar-refractivity contribution < 1.29 is 41.1 Å². The van der Waals surface area contributed by atoms with E-state index in [1.165, 1.54) is 0 Å². The number of urea groups is 3. The van der Waals surface area contributed by atoms with Gasteiger partial charge in [-0.1, -0.05) is 0 Å². The number of benzene rings is 5. The molecule has 5 aromatic rings. The maximum Gasteiger partial charge on any atom is 0.341 e. The number of carbonyl (C=O) groups excluding carboxylic acids is 4. The standard InChI is InChI=1S/C35H20F5N5O4/c36-21-1-11-26(12-2-21)41-31(46)35(43(32(41)47)28-15-5-23(38)6-16-28)44(29-17-7-24(39)8-18-29)33(48)42(27-13-3-22(37)4-14-27)34(49)45(35)30-19-9-25(40)10-20-30/h1-20H. The lowest BCUT2D eigenvalue weighted by molar-refractivity contribution is -0.121. The van der Waals surface area contributed by atoms with Crippen LogP contribution in [0.25, 0.3) is 0 Å². The highest BCUT2D eigenvalue weighted by Gasteiger charge is 2.72. The Hall–Kier alpha value is -6.57. The van der Waals surface area contributed by atoms with Crippen LogP contribution in [0.15, 0.2) is 121 Å². The Kier molecular flexibility index (Phi) is 7.35. The van der Waals surface area contributed by atoms with Gasteiger partial charge in [-0.05, 0) is 121 Å². The van der Waals surface area contributed by atoms with Crippen molar-refractivity contribution in [1.29, 1.82) is 0 Å². The van der Waals surface area contributed by atoms with Gasteiger partial charge in [0.15, 0.2) is 0 Å². The molecule has 0 N–H and O–H groups in total. The van der Waals surface area contributed by atoms with Crippen LogP contribution in [0.4, 0.5) is 64.8 Å². The molecule has 244 valence electrons. The molecule has 0 aromatic heterocycles. The molecule has 2 heterocycles. The van der Waals surface area contributed by atoms with Gasteiger partial charge in [-0.2, -0.15) is 0 Å². The van der Waals surface area contributed by atoms with Gasteiger partial charge in [0.2, 0.25) is 0 Å². The molecule has 0 saturated carbocycles. The highest BCUT2D eigenvalue weighted by Crippen LogP contribution is 2.48. The molecule has 7 amide bonds. The van der Waals surface area contributed by atoms with Gasteiger partial charge in [-0.25, -0.2) is 60.8 Å². The molecule has 0 unspecified atom stereocenters. The van der Waals surface area contributed by atoms with Gasteiger partial charge in [0, 0.05) is 0 Å². The van der Waals surface area contributed by atoms with Crippen molar-refractivity contribution in [3.63, 3.8) is 0 Å². The third kappa shape index (κ3) is 4.83. The largest absolute Gasteiger partial charge is 0.341 e. The summed E-state index contributed by atoms with van der Waals surface area (Å²) >= 11 is 0. The van der Waals surface area contributed by atoms with E-state index in [1.807, 2.05) is 0 Å². The minimum Gasteiger partial charge on any atom is -0.267 e. The topological polar surface area (TPSA) is 84.5 Å². The lowest BCUT2D eigenvalue weighted by Gasteiger charge is -2.54. The summed E-state index contributed by atoms with van der Waals surface area (Å²) in [5.41, 5.74) is -0.913. The van der Waals surface area contributed by atoms with Gasteiger partial charge in [0.25, 0.3) is 5.79 Å². The first kappa shape index (κ1) is 31.1. The van der Waals surface area contributed by atoms with Crippen LogP contribution in [-0.4, -0.2) is 29.8 Å². The summed E-state index contributed by atoms with van der Waals surface area (Å²) in [6, 6.07) is 17.4. The van der Waals surface area contributed by atoms with Crippen LogP contribution in [0.1, 0.15) is 0 Å². The molecule has 0 aliphatic carbocycles. The van der Waals surface area contributed by atoms with Crippen molar-refractivity contribution in [1.82, 2.24) is 0 Å². The lowest BCUT2D eigenvalue weighted by Crippen LogP contribution is -2.82. The van der Waals surface area contributed by atoms with E-state index in [9.17, 15) is 36.3 Å². The number of carbonyl (C=O) groups is 4. The Morgan fingerprint density at radius 3 is 0.837 bits per heavy atom. The van der Waals surface area contributed by atoms with Crippen molar-refractivity contribution in [2.45, 2.75) is 5.79 Å². The minimum atomic E-state index is -2.87. The average molecular weight is 670 g/mol. The number of anilines is 5. The van der Waals surface area contributed by atoms with Crippen molar-refractivity contribution in [2.75, 3.05) is 24.5 Å². The first-order valence-corrected chi connectivity index (χ1v) is 14.5. The van der Waals surface area contributed by atoms with Crippen molar-refractivity contribution >= 4 is 52.4 Å². The van der Waals surface area contributed by atoms with E-state index >= 15 is 4.79 Å². The second kappa shape index (κ2) is 11.6. The van der Waals surface area contributed by atoms with E-state index < -0.39 is 58.9 Å². The second-order valence-electron chi connectivity index (χ2n) is 10.8. The zero-order valence-corrected chi connectivity index (χ0v) is 24.8. The predicted octanol–water partition coefficient (Wildman–Crippen LogP) is 7.78. The van der Waals surface area contributed by atoms with Crippen LogP contribution in [0, 0.1) is 29.1 Å². The number of nitrogens with zero attached hydrogens (tertiary/aromatic N) is 5. The Labute approximate surface area is 274 Å². The fourth-order valence-corrected chi connectivity index (χ4v) is 5.88. The third-order valence-electron chi connectivity index (χ3n) is 8.00. The zero-order chi connectivity index (χ0) is 34.6. The second-order valence-corrected chi connectivity index (χ2v) is 10.8. The van der Waals surface area contributed by atoms with E-state index in [2.05, 4.69) is 0 Å². The summed E-state index contributed by atoms with van der Waals surface area (Å²) in [5, 5.41) is 0. The fraction of sp³-hybridized carbons (Fsp3) is 0.0286. The number of halogens is 5. The van der Waals surface area contributed by atoms with Crippen LogP contribution in [0.3, 0.4) is 0 Å². The van der Waals surface area contributed by atoms with Gasteiger partial charge >= 0.3 is 24.0 Å². The molecule has 2 aliphatic rings. The number of hydrogen-bond acceptors (Lipinski definition) is 4. The van der Waals surface area contributed by atoms with E-state index in [4.69, 9.17) is 0 Å². The monoisotopic (exact) mass is 669 g/mol. The van der Waals surface area contributed by atoms with Gasteiger partial charge in [-0.3, -0.25) is 4.79 Å². The lowest BCUT2D eigenvalue weighted by atomic mass is 10.1. The van der Waals surface area contributed by atoms with E-state index in [0.717, 1.165) is 136 Å². The van der Waals surface area contributed by atoms with Gasteiger partial charge in [0.05, 0.1) is 28.4 Å². The molecule has 9 nitrogen and oxygen atoms in total. The smallest absolute Gasteiger partial charge is 0.267 e. The Morgan fingerprint density at radius 1 is 0.327 bits per heavy atom.